The monoisotopic (exact) mass is 435 g/mol. The quantitative estimate of drug-likeness (QED) is 0.357. The number of aromatic nitrogens is 4. The lowest BCUT2D eigenvalue weighted by Gasteiger charge is -2.11. The minimum Gasteiger partial charge on any atom is -0.355 e. The van der Waals surface area contributed by atoms with Gasteiger partial charge in [0.1, 0.15) is 0 Å². The third-order valence-corrected chi connectivity index (χ3v) is 6.22. The third kappa shape index (κ3) is 4.29. The van der Waals surface area contributed by atoms with Gasteiger partial charge in [0.25, 0.3) is 5.56 Å². The van der Waals surface area contributed by atoms with Gasteiger partial charge in [0.15, 0.2) is 11.2 Å². The highest BCUT2D eigenvalue weighted by Crippen LogP contribution is 2.20. The van der Waals surface area contributed by atoms with Crippen molar-refractivity contribution in [1.29, 1.82) is 0 Å². The molecule has 0 saturated carbocycles. The van der Waals surface area contributed by atoms with Gasteiger partial charge in [0, 0.05) is 31.3 Å². The minimum atomic E-state index is -0.386. The standard InChI is InChI=1S/C23H25N5O2S/c1-16-9-11-18(12-10-16)31-14-13-24-22-25-20-19(21(29)27(3)23(30)26(20)2)28(22)15-17-7-5-4-6-8-17/h4-12H,13-15H2,1-3H3,(H,24,25). The SMILES string of the molecule is Cc1ccc(SCCNc2nc3c(c(=O)n(C)c(=O)n3C)n2Cc2ccccc2)cc1. The number of nitrogens with one attached hydrogen (secondary N) is 1. The van der Waals surface area contributed by atoms with Crippen LogP contribution in [-0.2, 0) is 20.6 Å². The summed E-state index contributed by atoms with van der Waals surface area (Å²) in [7, 11) is 3.14. The maximum Gasteiger partial charge on any atom is 0.332 e. The van der Waals surface area contributed by atoms with Crippen molar-refractivity contribution in [2.24, 2.45) is 14.1 Å². The maximum absolute atomic E-state index is 12.9. The molecule has 31 heavy (non-hydrogen) atoms. The molecule has 0 bridgehead atoms. The smallest absolute Gasteiger partial charge is 0.332 e. The van der Waals surface area contributed by atoms with Crippen molar-refractivity contribution < 1.29 is 0 Å². The van der Waals surface area contributed by atoms with Crippen molar-refractivity contribution in [2.75, 3.05) is 17.6 Å². The summed E-state index contributed by atoms with van der Waals surface area (Å²) in [6.07, 6.45) is 0. The summed E-state index contributed by atoms with van der Waals surface area (Å²) in [6.45, 7) is 3.23. The molecular weight excluding hydrogens is 410 g/mol. The molecular formula is C23H25N5O2S. The highest BCUT2D eigenvalue weighted by atomic mass is 32.2. The Bertz CT molecular complexity index is 1320. The number of rotatable bonds is 7. The Morgan fingerprint density at radius 2 is 1.68 bits per heavy atom. The lowest BCUT2D eigenvalue weighted by atomic mass is 10.2. The number of hydrogen-bond donors (Lipinski definition) is 1. The predicted octanol–water partition coefficient (Wildman–Crippen LogP) is 2.99. The number of hydrogen-bond acceptors (Lipinski definition) is 5. The van der Waals surface area contributed by atoms with Gasteiger partial charge in [-0.2, -0.15) is 4.98 Å². The normalized spacial score (nSPS) is 11.2. The lowest BCUT2D eigenvalue weighted by molar-refractivity contribution is 0.702. The first-order valence-corrected chi connectivity index (χ1v) is 11.1. The molecule has 160 valence electrons. The van der Waals surface area contributed by atoms with Crippen molar-refractivity contribution in [3.05, 3.63) is 86.6 Å². The molecule has 7 nitrogen and oxygen atoms in total. The van der Waals surface area contributed by atoms with Crippen molar-refractivity contribution in [3.8, 4) is 0 Å². The Labute approximate surface area is 184 Å². The van der Waals surface area contributed by atoms with Crippen LogP contribution in [0.25, 0.3) is 11.2 Å². The molecule has 4 aromatic rings. The second-order valence-corrected chi connectivity index (χ2v) is 8.64. The van der Waals surface area contributed by atoms with Crippen LogP contribution in [0.3, 0.4) is 0 Å². The molecule has 0 amide bonds. The highest BCUT2D eigenvalue weighted by molar-refractivity contribution is 7.99. The van der Waals surface area contributed by atoms with E-state index in [0.717, 1.165) is 15.9 Å². The highest BCUT2D eigenvalue weighted by Gasteiger charge is 2.19. The molecule has 8 heteroatoms. The molecule has 0 aliphatic rings. The first kappa shape index (κ1) is 21.0. The molecule has 4 rings (SSSR count). The summed E-state index contributed by atoms with van der Waals surface area (Å²) in [4.78, 5) is 31.1. The first-order valence-electron chi connectivity index (χ1n) is 10.1. The average molecular weight is 436 g/mol. The Morgan fingerprint density at radius 3 is 2.39 bits per heavy atom. The zero-order valence-corrected chi connectivity index (χ0v) is 18.6. The van der Waals surface area contributed by atoms with Crippen molar-refractivity contribution in [2.45, 2.75) is 18.4 Å². The number of fused-ring (bicyclic) bond motifs is 1. The van der Waals surface area contributed by atoms with Crippen LogP contribution >= 0.6 is 11.8 Å². The largest absolute Gasteiger partial charge is 0.355 e. The Morgan fingerprint density at radius 1 is 0.968 bits per heavy atom. The van der Waals surface area contributed by atoms with Crippen LogP contribution < -0.4 is 16.6 Å². The van der Waals surface area contributed by atoms with Gasteiger partial charge in [-0.05, 0) is 24.6 Å². The number of imidazole rings is 1. The van der Waals surface area contributed by atoms with Crippen LogP contribution in [0.15, 0.2) is 69.1 Å². The van der Waals surface area contributed by atoms with Gasteiger partial charge in [0.05, 0.1) is 6.54 Å². The molecule has 0 aliphatic carbocycles. The number of nitrogens with zero attached hydrogens (tertiary/aromatic N) is 4. The number of benzene rings is 2. The summed E-state index contributed by atoms with van der Waals surface area (Å²) < 4.78 is 4.41. The molecule has 1 N–H and O–H groups in total. The maximum atomic E-state index is 12.9. The van der Waals surface area contributed by atoms with Crippen LogP contribution in [0.5, 0.6) is 0 Å². The van der Waals surface area contributed by atoms with Crippen LogP contribution in [0.2, 0.25) is 0 Å². The van der Waals surface area contributed by atoms with E-state index in [1.807, 2.05) is 34.9 Å². The molecule has 0 atom stereocenters. The first-order chi connectivity index (χ1) is 15.0. The van der Waals surface area contributed by atoms with Gasteiger partial charge in [-0.1, -0.05) is 48.0 Å². The Balaban J connectivity index is 1.64. The van der Waals surface area contributed by atoms with E-state index < -0.39 is 0 Å². The topological polar surface area (TPSA) is 73.8 Å². The van der Waals surface area contributed by atoms with Crippen LogP contribution in [0, 0.1) is 6.92 Å². The molecule has 0 saturated heterocycles. The van der Waals surface area contributed by atoms with Gasteiger partial charge in [-0.25, -0.2) is 4.79 Å². The van der Waals surface area contributed by atoms with E-state index in [1.165, 1.54) is 22.1 Å². The van der Waals surface area contributed by atoms with E-state index in [0.29, 0.717) is 30.2 Å². The summed E-state index contributed by atoms with van der Waals surface area (Å²) in [5.41, 5.74) is 2.37. The van der Waals surface area contributed by atoms with Crippen molar-refractivity contribution >= 4 is 28.9 Å². The fraction of sp³-hybridized carbons (Fsp3) is 0.261. The summed E-state index contributed by atoms with van der Waals surface area (Å²) in [6, 6.07) is 18.3. The molecule has 0 radical (unpaired) electrons. The lowest BCUT2D eigenvalue weighted by Crippen LogP contribution is -2.37. The molecule has 0 fully saturated rings. The van der Waals surface area contributed by atoms with Crippen LogP contribution in [0.4, 0.5) is 5.95 Å². The van der Waals surface area contributed by atoms with Gasteiger partial charge in [-0.15, -0.1) is 11.8 Å². The van der Waals surface area contributed by atoms with E-state index >= 15 is 0 Å². The Hall–Kier alpha value is -3.26. The predicted molar refractivity (Wildman–Crippen MR) is 126 cm³/mol. The van der Waals surface area contributed by atoms with Gasteiger partial charge in [0.2, 0.25) is 5.95 Å². The van der Waals surface area contributed by atoms with E-state index in [1.54, 1.807) is 18.8 Å². The zero-order valence-electron chi connectivity index (χ0n) is 17.8. The average Bonchev–Trinajstić information content (AvgIpc) is 3.14. The van der Waals surface area contributed by atoms with Crippen LogP contribution in [-0.4, -0.2) is 31.0 Å². The van der Waals surface area contributed by atoms with E-state index in [9.17, 15) is 9.59 Å². The third-order valence-electron chi connectivity index (χ3n) is 5.21. The zero-order chi connectivity index (χ0) is 22.0. The summed E-state index contributed by atoms with van der Waals surface area (Å²) in [5.74, 6) is 1.43. The fourth-order valence-electron chi connectivity index (χ4n) is 3.47. The van der Waals surface area contributed by atoms with Crippen molar-refractivity contribution in [3.63, 3.8) is 0 Å². The van der Waals surface area contributed by atoms with E-state index in [-0.39, 0.29) is 11.2 Å². The Kier molecular flexibility index (Phi) is 5.99. The molecule has 2 aromatic heterocycles. The minimum absolute atomic E-state index is 0.344. The number of thioether (sulfide) groups is 1. The molecule has 0 aliphatic heterocycles. The number of anilines is 1. The molecule has 2 heterocycles. The molecule has 0 unspecified atom stereocenters. The second-order valence-electron chi connectivity index (χ2n) is 7.47. The second kappa shape index (κ2) is 8.85. The number of aryl methyl sites for hydroxylation is 2. The van der Waals surface area contributed by atoms with Gasteiger partial charge in [-0.3, -0.25) is 18.5 Å². The summed E-state index contributed by atoms with van der Waals surface area (Å²) in [5, 5.41) is 3.37. The van der Waals surface area contributed by atoms with Gasteiger partial charge < -0.3 is 5.32 Å². The fourth-order valence-corrected chi connectivity index (χ4v) is 4.24. The molecule has 2 aromatic carbocycles. The van der Waals surface area contributed by atoms with Crippen LogP contribution in [0.1, 0.15) is 11.1 Å². The van der Waals surface area contributed by atoms with Crippen molar-refractivity contribution in [1.82, 2.24) is 18.7 Å². The van der Waals surface area contributed by atoms with E-state index in [2.05, 4.69) is 41.5 Å². The van der Waals surface area contributed by atoms with E-state index in [4.69, 9.17) is 0 Å². The van der Waals surface area contributed by atoms with Gasteiger partial charge >= 0.3 is 5.69 Å². The summed E-state index contributed by atoms with van der Waals surface area (Å²) >= 11 is 1.76. The molecule has 0 spiro atoms.